The smallest absolute Gasteiger partial charge is 0.311 e. The first-order chi connectivity index (χ1) is 5.00. The lowest BCUT2D eigenvalue weighted by molar-refractivity contribution is -0.150. The Hall–Kier alpha value is -0.320. The second-order valence-corrected chi connectivity index (χ2v) is 3.03. The molecule has 4 nitrogen and oxygen atoms in total. The van der Waals surface area contributed by atoms with E-state index in [1.165, 1.54) is 0 Å². The Labute approximate surface area is 78.5 Å². The molecule has 0 unspecified atom stereocenters. The van der Waals surface area contributed by atoms with Gasteiger partial charge in [-0.25, -0.2) is 0 Å². The average molecular weight is 198 g/mol. The maximum atomic E-state index is 10.5. The number of rotatable bonds is 5. The largest absolute Gasteiger partial charge is 0.481 e. The van der Waals surface area contributed by atoms with Crippen LogP contribution in [0.15, 0.2) is 0 Å². The SMILES string of the molecule is CC(C)(COCCN)C(=O)O.Cl. The number of hydrogen-bond donors (Lipinski definition) is 2. The summed E-state index contributed by atoms with van der Waals surface area (Å²) in [5.74, 6) is -0.852. The number of carboxylic acid groups (broad SMARTS) is 1. The number of ether oxygens (including phenoxy) is 1. The molecule has 0 bridgehead atoms. The average Bonchev–Trinajstić information content (AvgIpc) is 1.88. The molecule has 0 aromatic carbocycles. The zero-order valence-electron chi connectivity index (χ0n) is 7.37. The highest BCUT2D eigenvalue weighted by Gasteiger charge is 2.26. The van der Waals surface area contributed by atoms with Crippen LogP contribution in [-0.2, 0) is 9.53 Å². The van der Waals surface area contributed by atoms with E-state index in [9.17, 15) is 4.79 Å². The molecule has 0 radical (unpaired) electrons. The molecule has 0 aromatic rings. The molecule has 0 saturated heterocycles. The van der Waals surface area contributed by atoms with Crippen molar-refractivity contribution in [2.24, 2.45) is 11.1 Å². The van der Waals surface area contributed by atoms with Gasteiger partial charge in [0, 0.05) is 6.54 Å². The summed E-state index contributed by atoms with van der Waals surface area (Å²) in [6.07, 6.45) is 0. The van der Waals surface area contributed by atoms with Gasteiger partial charge in [0.25, 0.3) is 0 Å². The first-order valence-electron chi connectivity index (χ1n) is 3.52. The van der Waals surface area contributed by atoms with Crippen molar-refractivity contribution in [1.82, 2.24) is 0 Å². The van der Waals surface area contributed by atoms with Gasteiger partial charge in [-0.3, -0.25) is 4.79 Å². The summed E-state index contributed by atoms with van der Waals surface area (Å²) in [6.45, 7) is 4.28. The van der Waals surface area contributed by atoms with Crippen LogP contribution in [-0.4, -0.2) is 30.8 Å². The van der Waals surface area contributed by atoms with E-state index in [4.69, 9.17) is 15.6 Å². The Morgan fingerprint density at radius 3 is 2.42 bits per heavy atom. The molecular weight excluding hydrogens is 182 g/mol. The van der Waals surface area contributed by atoms with Crippen LogP contribution in [0, 0.1) is 5.41 Å². The summed E-state index contributed by atoms with van der Waals surface area (Å²) < 4.78 is 5.00. The van der Waals surface area contributed by atoms with Gasteiger partial charge in [-0.2, -0.15) is 0 Å². The molecule has 0 heterocycles. The summed E-state index contributed by atoms with van der Waals surface area (Å²) in [5, 5.41) is 8.63. The van der Waals surface area contributed by atoms with Gasteiger partial charge in [0.05, 0.1) is 18.6 Å². The predicted octanol–water partition coefficient (Wildman–Crippen LogP) is 0.494. The minimum atomic E-state index is -0.852. The van der Waals surface area contributed by atoms with E-state index in [0.29, 0.717) is 13.2 Å². The van der Waals surface area contributed by atoms with Crippen LogP contribution in [0.3, 0.4) is 0 Å². The van der Waals surface area contributed by atoms with Crippen LogP contribution in [0.2, 0.25) is 0 Å². The van der Waals surface area contributed by atoms with Crippen molar-refractivity contribution in [1.29, 1.82) is 0 Å². The standard InChI is InChI=1S/C7H15NO3.ClH/c1-7(2,6(9)10)5-11-4-3-8;/h3-5,8H2,1-2H3,(H,9,10);1H. The van der Waals surface area contributed by atoms with Gasteiger partial charge in [-0.15, -0.1) is 12.4 Å². The summed E-state index contributed by atoms with van der Waals surface area (Å²) >= 11 is 0. The minimum Gasteiger partial charge on any atom is -0.481 e. The second kappa shape index (κ2) is 6.22. The van der Waals surface area contributed by atoms with Crippen molar-refractivity contribution in [2.45, 2.75) is 13.8 Å². The van der Waals surface area contributed by atoms with Crippen molar-refractivity contribution >= 4 is 18.4 Å². The molecule has 5 heteroatoms. The van der Waals surface area contributed by atoms with Gasteiger partial charge in [0.2, 0.25) is 0 Å². The number of carbonyl (C=O) groups is 1. The molecule has 0 aliphatic rings. The van der Waals surface area contributed by atoms with Gasteiger partial charge < -0.3 is 15.6 Å². The topological polar surface area (TPSA) is 72.5 Å². The van der Waals surface area contributed by atoms with Crippen LogP contribution >= 0.6 is 12.4 Å². The fourth-order valence-electron chi connectivity index (χ4n) is 0.472. The summed E-state index contributed by atoms with van der Waals surface area (Å²) in [5.41, 5.74) is 4.35. The lowest BCUT2D eigenvalue weighted by atomic mass is 9.95. The van der Waals surface area contributed by atoms with Crippen molar-refractivity contribution in [3.05, 3.63) is 0 Å². The number of halogens is 1. The molecule has 0 aliphatic heterocycles. The van der Waals surface area contributed by atoms with Crippen molar-refractivity contribution in [3.8, 4) is 0 Å². The number of nitrogens with two attached hydrogens (primary N) is 1. The van der Waals surface area contributed by atoms with Gasteiger partial charge in [0.15, 0.2) is 0 Å². The number of hydrogen-bond acceptors (Lipinski definition) is 3. The highest BCUT2D eigenvalue weighted by atomic mass is 35.5. The number of carboxylic acids is 1. The van der Waals surface area contributed by atoms with E-state index >= 15 is 0 Å². The van der Waals surface area contributed by atoms with Crippen molar-refractivity contribution in [2.75, 3.05) is 19.8 Å². The van der Waals surface area contributed by atoms with E-state index in [1.54, 1.807) is 13.8 Å². The fraction of sp³-hybridized carbons (Fsp3) is 0.857. The molecule has 0 spiro atoms. The van der Waals surface area contributed by atoms with E-state index in [1.807, 2.05) is 0 Å². The molecule has 0 fully saturated rings. The maximum absolute atomic E-state index is 10.5. The zero-order chi connectivity index (χ0) is 8.91. The minimum absolute atomic E-state index is 0. The van der Waals surface area contributed by atoms with Crippen LogP contribution < -0.4 is 5.73 Å². The quantitative estimate of drug-likeness (QED) is 0.630. The van der Waals surface area contributed by atoms with E-state index < -0.39 is 11.4 Å². The fourth-order valence-corrected chi connectivity index (χ4v) is 0.472. The first-order valence-corrected chi connectivity index (χ1v) is 3.52. The summed E-state index contributed by atoms with van der Waals surface area (Å²) in [4.78, 5) is 10.5. The zero-order valence-corrected chi connectivity index (χ0v) is 8.19. The normalized spacial score (nSPS) is 10.6. The summed E-state index contributed by atoms with van der Waals surface area (Å²) in [7, 11) is 0. The van der Waals surface area contributed by atoms with Crippen molar-refractivity contribution < 1.29 is 14.6 Å². The predicted molar refractivity (Wildman–Crippen MR) is 48.5 cm³/mol. The van der Waals surface area contributed by atoms with E-state index in [2.05, 4.69) is 0 Å². The molecule has 74 valence electrons. The Morgan fingerprint density at radius 2 is 2.08 bits per heavy atom. The Kier molecular flexibility index (Phi) is 7.37. The molecule has 0 rings (SSSR count). The highest BCUT2D eigenvalue weighted by molar-refractivity contribution is 5.85. The first kappa shape index (κ1) is 14.2. The van der Waals surface area contributed by atoms with E-state index in [0.717, 1.165) is 0 Å². The molecule has 12 heavy (non-hydrogen) atoms. The van der Waals surface area contributed by atoms with Gasteiger partial charge in [0.1, 0.15) is 0 Å². The second-order valence-electron chi connectivity index (χ2n) is 3.03. The molecule has 0 aliphatic carbocycles. The molecule has 0 atom stereocenters. The molecule has 3 N–H and O–H groups in total. The molecular formula is C7H16ClNO3. The van der Waals surface area contributed by atoms with Gasteiger partial charge in [-0.05, 0) is 13.8 Å². The summed E-state index contributed by atoms with van der Waals surface area (Å²) in [6, 6.07) is 0. The van der Waals surface area contributed by atoms with Crippen molar-refractivity contribution in [3.63, 3.8) is 0 Å². The third-order valence-electron chi connectivity index (χ3n) is 1.30. The third kappa shape index (κ3) is 5.35. The molecule has 0 aromatic heterocycles. The Balaban J connectivity index is 0. The van der Waals surface area contributed by atoms with Gasteiger partial charge >= 0.3 is 5.97 Å². The van der Waals surface area contributed by atoms with Crippen LogP contribution in [0.1, 0.15) is 13.8 Å². The Bertz CT molecular complexity index is 139. The maximum Gasteiger partial charge on any atom is 0.311 e. The van der Waals surface area contributed by atoms with Crippen LogP contribution in [0.5, 0.6) is 0 Å². The van der Waals surface area contributed by atoms with Crippen LogP contribution in [0.4, 0.5) is 0 Å². The van der Waals surface area contributed by atoms with E-state index in [-0.39, 0.29) is 19.0 Å². The van der Waals surface area contributed by atoms with Crippen LogP contribution in [0.25, 0.3) is 0 Å². The Morgan fingerprint density at radius 1 is 1.58 bits per heavy atom. The highest BCUT2D eigenvalue weighted by Crippen LogP contribution is 2.14. The molecule has 0 saturated carbocycles. The lowest BCUT2D eigenvalue weighted by Crippen LogP contribution is -2.30. The monoisotopic (exact) mass is 197 g/mol. The third-order valence-corrected chi connectivity index (χ3v) is 1.30. The van der Waals surface area contributed by atoms with Gasteiger partial charge in [-0.1, -0.05) is 0 Å². The molecule has 0 amide bonds. The number of aliphatic carboxylic acids is 1. The lowest BCUT2D eigenvalue weighted by Gasteiger charge is -2.18.